The third kappa shape index (κ3) is 4.16. The second kappa shape index (κ2) is 7.07. The molecule has 2 atom stereocenters. The van der Waals surface area contributed by atoms with Crippen LogP contribution in [-0.4, -0.2) is 37.7 Å². The maximum atomic E-state index is 13.1. The highest BCUT2D eigenvalue weighted by Crippen LogP contribution is 2.41. The van der Waals surface area contributed by atoms with E-state index in [1.165, 1.54) is 0 Å². The number of nitrogens with one attached hydrogen (secondary N) is 1. The number of alkyl halides is 3. The summed E-state index contributed by atoms with van der Waals surface area (Å²) < 4.78 is 44.4. The lowest BCUT2D eigenvalue weighted by Crippen LogP contribution is -2.51. The van der Waals surface area contributed by atoms with Crippen LogP contribution >= 0.6 is 0 Å². The van der Waals surface area contributed by atoms with Gasteiger partial charge in [-0.25, -0.2) is 0 Å². The summed E-state index contributed by atoms with van der Waals surface area (Å²) >= 11 is 0. The van der Waals surface area contributed by atoms with Crippen molar-refractivity contribution in [3.63, 3.8) is 0 Å². The summed E-state index contributed by atoms with van der Waals surface area (Å²) in [6.07, 6.45) is -2.33. The van der Waals surface area contributed by atoms with E-state index in [1.807, 2.05) is 0 Å². The first-order chi connectivity index (χ1) is 10.8. The predicted octanol–water partition coefficient (Wildman–Crippen LogP) is 1.75. The number of amides is 2. The second-order valence-corrected chi connectivity index (χ2v) is 6.51. The number of carbonyl (C=O) groups excluding carboxylic acids is 2. The molecule has 0 aromatic rings. The van der Waals surface area contributed by atoms with Gasteiger partial charge in [0.2, 0.25) is 11.8 Å². The van der Waals surface area contributed by atoms with E-state index in [0.717, 1.165) is 0 Å². The van der Waals surface area contributed by atoms with E-state index >= 15 is 0 Å². The highest BCUT2D eigenvalue weighted by Gasteiger charge is 2.48. The molecule has 0 radical (unpaired) electrons. The molecule has 1 heterocycles. The van der Waals surface area contributed by atoms with Crippen LogP contribution in [0.2, 0.25) is 0 Å². The molecule has 3 N–H and O–H groups in total. The predicted molar refractivity (Wildman–Crippen MR) is 76.2 cm³/mol. The smallest absolute Gasteiger partial charge is 0.381 e. The molecule has 1 aliphatic carbocycles. The fourth-order valence-electron chi connectivity index (χ4n) is 3.50. The van der Waals surface area contributed by atoms with Crippen molar-refractivity contribution in [3.8, 4) is 0 Å². The average molecular weight is 336 g/mol. The highest BCUT2D eigenvalue weighted by molar-refractivity contribution is 5.83. The van der Waals surface area contributed by atoms with Crippen LogP contribution in [0.1, 0.15) is 38.5 Å². The van der Waals surface area contributed by atoms with Crippen molar-refractivity contribution in [2.24, 2.45) is 23.0 Å². The standard InChI is InChI=1S/C15H23F3N2O3/c16-15(17,18)11-4-2-1-3-10(11)12(21)20-9-14(13(19)22)5-7-23-8-6-14/h10-11H,1-9H2,(H2,19,22)(H,20,21)/t10-,11+/m1/s1. The van der Waals surface area contributed by atoms with Crippen molar-refractivity contribution >= 4 is 11.8 Å². The first-order valence-corrected chi connectivity index (χ1v) is 7.98. The van der Waals surface area contributed by atoms with Crippen LogP contribution in [-0.2, 0) is 14.3 Å². The fraction of sp³-hybridized carbons (Fsp3) is 0.867. The molecule has 2 amide bonds. The number of nitrogens with two attached hydrogens (primary N) is 1. The van der Waals surface area contributed by atoms with Crippen LogP contribution in [0.15, 0.2) is 0 Å². The average Bonchev–Trinajstić information content (AvgIpc) is 2.52. The van der Waals surface area contributed by atoms with Gasteiger partial charge in [-0.3, -0.25) is 9.59 Å². The van der Waals surface area contributed by atoms with E-state index in [-0.39, 0.29) is 19.4 Å². The van der Waals surface area contributed by atoms with E-state index in [4.69, 9.17) is 10.5 Å². The Labute approximate surface area is 133 Å². The molecule has 1 aliphatic heterocycles. The molecule has 5 nitrogen and oxygen atoms in total. The van der Waals surface area contributed by atoms with Gasteiger partial charge in [-0.05, 0) is 25.7 Å². The van der Waals surface area contributed by atoms with Crippen LogP contribution in [0.25, 0.3) is 0 Å². The molecule has 0 aromatic heterocycles. The lowest BCUT2D eigenvalue weighted by atomic mass is 9.77. The first-order valence-electron chi connectivity index (χ1n) is 7.98. The molecular formula is C15H23F3N2O3. The van der Waals surface area contributed by atoms with Crippen molar-refractivity contribution in [2.45, 2.75) is 44.7 Å². The third-order valence-electron chi connectivity index (χ3n) is 5.10. The summed E-state index contributed by atoms with van der Waals surface area (Å²) in [6, 6.07) is 0. The SMILES string of the molecule is NC(=O)C1(CNC(=O)[C@@H]2CCCC[C@@H]2C(F)(F)F)CCOCC1. The van der Waals surface area contributed by atoms with E-state index in [1.54, 1.807) is 0 Å². The normalized spacial score (nSPS) is 28.1. The van der Waals surface area contributed by atoms with Crippen molar-refractivity contribution in [2.75, 3.05) is 19.8 Å². The first kappa shape index (κ1) is 18.0. The van der Waals surface area contributed by atoms with Crippen molar-refractivity contribution in [3.05, 3.63) is 0 Å². The molecule has 2 rings (SSSR count). The Bertz CT molecular complexity index is 448. The number of carbonyl (C=O) groups is 2. The molecule has 8 heteroatoms. The van der Waals surface area contributed by atoms with Crippen molar-refractivity contribution in [1.29, 1.82) is 0 Å². The Morgan fingerprint density at radius 3 is 2.35 bits per heavy atom. The molecular weight excluding hydrogens is 313 g/mol. The van der Waals surface area contributed by atoms with Crippen LogP contribution in [0.4, 0.5) is 13.2 Å². The fourth-order valence-corrected chi connectivity index (χ4v) is 3.50. The lowest BCUT2D eigenvalue weighted by Gasteiger charge is -2.36. The van der Waals surface area contributed by atoms with Crippen LogP contribution in [0, 0.1) is 17.3 Å². The number of hydrogen-bond acceptors (Lipinski definition) is 3. The van der Waals surface area contributed by atoms with Crippen molar-refractivity contribution < 1.29 is 27.5 Å². The summed E-state index contributed by atoms with van der Waals surface area (Å²) in [4.78, 5) is 24.0. The molecule has 0 bridgehead atoms. The minimum absolute atomic E-state index is 0.0175. The second-order valence-electron chi connectivity index (χ2n) is 6.51. The Kier molecular flexibility index (Phi) is 5.54. The molecule has 0 unspecified atom stereocenters. The van der Waals surface area contributed by atoms with Gasteiger partial charge in [-0.1, -0.05) is 12.8 Å². The highest BCUT2D eigenvalue weighted by atomic mass is 19.4. The molecule has 1 saturated heterocycles. The van der Waals surface area contributed by atoms with Crippen LogP contribution < -0.4 is 11.1 Å². The van der Waals surface area contributed by atoms with Crippen LogP contribution in [0.5, 0.6) is 0 Å². The number of halogens is 3. The number of hydrogen-bond donors (Lipinski definition) is 2. The lowest BCUT2D eigenvalue weighted by molar-refractivity contribution is -0.198. The quantitative estimate of drug-likeness (QED) is 0.821. The number of primary amides is 1. The Morgan fingerprint density at radius 1 is 1.17 bits per heavy atom. The molecule has 1 saturated carbocycles. The van der Waals surface area contributed by atoms with Gasteiger partial charge in [-0.15, -0.1) is 0 Å². The van der Waals surface area contributed by atoms with Crippen LogP contribution in [0.3, 0.4) is 0 Å². The monoisotopic (exact) mass is 336 g/mol. The largest absolute Gasteiger partial charge is 0.392 e. The topological polar surface area (TPSA) is 81.4 Å². The van der Waals surface area contributed by atoms with E-state index in [0.29, 0.717) is 38.9 Å². The number of rotatable bonds is 4. The van der Waals surface area contributed by atoms with Crippen molar-refractivity contribution in [1.82, 2.24) is 5.32 Å². The molecule has 0 aromatic carbocycles. The number of ether oxygens (including phenoxy) is 1. The van der Waals surface area contributed by atoms with Gasteiger partial charge in [0.05, 0.1) is 11.3 Å². The summed E-state index contributed by atoms with van der Waals surface area (Å²) in [5.41, 5.74) is 4.52. The molecule has 132 valence electrons. The summed E-state index contributed by atoms with van der Waals surface area (Å²) in [5, 5.41) is 2.55. The summed E-state index contributed by atoms with van der Waals surface area (Å²) in [5.74, 6) is -3.85. The van der Waals surface area contributed by atoms with E-state index < -0.39 is 35.2 Å². The maximum Gasteiger partial charge on any atom is 0.392 e. The summed E-state index contributed by atoms with van der Waals surface area (Å²) in [6.45, 7) is 0.687. The zero-order chi connectivity index (χ0) is 17.1. The van der Waals surface area contributed by atoms with E-state index in [9.17, 15) is 22.8 Å². The zero-order valence-electron chi connectivity index (χ0n) is 13.0. The van der Waals surface area contributed by atoms with Gasteiger partial charge < -0.3 is 15.8 Å². The van der Waals surface area contributed by atoms with Gasteiger partial charge in [0, 0.05) is 25.7 Å². The zero-order valence-corrected chi connectivity index (χ0v) is 13.0. The van der Waals surface area contributed by atoms with Gasteiger partial charge in [0.25, 0.3) is 0 Å². The minimum atomic E-state index is -4.37. The molecule has 2 fully saturated rings. The molecule has 2 aliphatic rings. The van der Waals surface area contributed by atoms with E-state index in [2.05, 4.69) is 5.32 Å². The van der Waals surface area contributed by atoms with Gasteiger partial charge in [-0.2, -0.15) is 13.2 Å². The minimum Gasteiger partial charge on any atom is -0.381 e. The van der Waals surface area contributed by atoms with Gasteiger partial charge in [0.1, 0.15) is 0 Å². The Balaban J connectivity index is 2.01. The molecule has 23 heavy (non-hydrogen) atoms. The summed E-state index contributed by atoms with van der Waals surface area (Å²) in [7, 11) is 0. The maximum absolute atomic E-state index is 13.1. The Morgan fingerprint density at radius 2 is 1.78 bits per heavy atom. The third-order valence-corrected chi connectivity index (χ3v) is 5.10. The van der Waals surface area contributed by atoms with Gasteiger partial charge >= 0.3 is 6.18 Å². The molecule has 0 spiro atoms. The Hall–Kier alpha value is -1.31. The van der Waals surface area contributed by atoms with Gasteiger partial charge in [0.15, 0.2) is 0 Å².